The van der Waals surface area contributed by atoms with E-state index in [0.717, 1.165) is 16.8 Å². The third-order valence-corrected chi connectivity index (χ3v) is 5.01. The molecule has 2 aromatic heterocycles. The van der Waals surface area contributed by atoms with E-state index >= 15 is 0 Å². The number of hydrogen-bond acceptors (Lipinski definition) is 4. The van der Waals surface area contributed by atoms with Crippen molar-refractivity contribution in [2.75, 3.05) is 0 Å². The Morgan fingerprint density at radius 2 is 1.78 bits per heavy atom. The first kappa shape index (κ1) is 20.8. The molecule has 1 atom stereocenters. The Balaban J connectivity index is 1.69. The SMILES string of the molecule is C[C@@H](NC(=O)/C(C#N)=C/c1cn(-c2ccccc2)nc1-c1cccnc1)c1ccccc1. The molecule has 4 aromatic rings. The molecule has 1 N–H and O–H groups in total. The Morgan fingerprint density at radius 1 is 1.06 bits per heavy atom. The topological polar surface area (TPSA) is 83.6 Å². The van der Waals surface area contributed by atoms with Crippen LogP contribution in [-0.2, 0) is 4.79 Å². The van der Waals surface area contributed by atoms with Gasteiger partial charge in [0.15, 0.2) is 0 Å². The van der Waals surface area contributed by atoms with Crippen LogP contribution in [0.25, 0.3) is 23.0 Å². The fourth-order valence-corrected chi connectivity index (χ4v) is 3.34. The monoisotopic (exact) mass is 419 g/mol. The number of carbonyl (C=O) groups is 1. The predicted octanol–water partition coefficient (Wildman–Crippen LogP) is 4.72. The van der Waals surface area contributed by atoms with Crippen LogP contribution in [0.5, 0.6) is 0 Å². The van der Waals surface area contributed by atoms with Gasteiger partial charge in [-0.05, 0) is 42.8 Å². The number of nitriles is 1. The highest BCUT2D eigenvalue weighted by Gasteiger charge is 2.17. The van der Waals surface area contributed by atoms with Gasteiger partial charge in [0.1, 0.15) is 17.3 Å². The van der Waals surface area contributed by atoms with E-state index in [1.54, 1.807) is 23.2 Å². The van der Waals surface area contributed by atoms with Crippen LogP contribution < -0.4 is 5.32 Å². The second-order valence-electron chi connectivity index (χ2n) is 7.23. The van der Waals surface area contributed by atoms with Gasteiger partial charge in [0, 0.05) is 29.7 Å². The summed E-state index contributed by atoms with van der Waals surface area (Å²) in [6.45, 7) is 1.89. The summed E-state index contributed by atoms with van der Waals surface area (Å²) in [6, 6.07) is 24.8. The Morgan fingerprint density at radius 3 is 2.44 bits per heavy atom. The molecule has 0 radical (unpaired) electrons. The van der Waals surface area contributed by atoms with Gasteiger partial charge >= 0.3 is 0 Å². The molecule has 0 aliphatic rings. The van der Waals surface area contributed by atoms with Crippen molar-refractivity contribution in [1.82, 2.24) is 20.1 Å². The van der Waals surface area contributed by atoms with Crippen molar-refractivity contribution in [3.05, 3.63) is 108 Å². The number of nitrogens with zero attached hydrogens (tertiary/aromatic N) is 4. The molecule has 0 fully saturated rings. The zero-order valence-electron chi connectivity index (χ0n) is 17.5. The van der Waals surface area contributed by atoms with Crippen molar-refractivity contribution < 1.29 is 4.79 Å². The van der Waals surface area contributed by atoms with Crippen LogP contribution in [0.15, 0.2) is 97.0 Å². The number of hydrogen-bond donors (Lipinski definition) is 1. The molecule has 1 amide bonds. The first-order valence-corrected chi connectivity index (χ1v) is 10.2. The van der Waals surface area contributed by atoms with Gasteiger partial charge in [-0.15, -0.1) is 0 Å². The average molecular weight is 419 g/mol. The molecular formula is C26H21N5O. The number of para-hydroxylation sites is 1. The summed E-state index contributed by atoms with van der Waals surface area (Å²) in [7, 11) is 0. The lowest BCUT2D eigenvalue weighted by molar-refractivity contribution is -0.117. The molecule has 0 bridgehead atoms. The molecular weight excluding hydrogens is 398 g/mol. The molecule has 32 heavy (non-hydrogen) atoms. The minimum atomic E-state index is -0.437. The molecule has 6 nitrogen and oxygen atoms in total. The number of nitrogens with one attached hydrogen (secondary N) is 1. The van der Waals surface area contributed by atoms with Gasteiger partial charge in [0.25, 0.3) is 5.91 Å². The molecule has 0 aliphatic heterocycles. The van der Waals surface area contributed by atoms with Crippen LogP contribution in [0.4, 0.5) is 0 Å². The van der Waals surface area contributed by atoms with Crippen LogP contribution in [0.2, 0.25) is 0 Å². The van der Waals surface area contributed by atoms with Crippen molar-refractivity contribution in [3.63, 3.8) is 0 Å². The average Bonchev–Trinajstić information content (AvgIpc) is 3.28. The lowest BCUT2D eigenvalue weighted by Gasteiger charge is -2.13. The lowest BCUT2D eigenvalue weighted by atomic mass is 10.1. The van der Waals surface area contributed by atoms with Crippen LogP contribution in [0, 0.1) is 11.3 Å². The highest BCUT2D eigenvalue weighted by Crippen LogP contribution is 2.25. The quantitative estimate of drug-likeness (QED) is 0.362. The summed E-state index contributed by atoms with van der Waals surface area (Å²) in [5.74, 6) is -0.437. The van der Waals surface area contributed by atoms with Crippen molar-refractivity contribution in [1.29, 1.82) is 5.26 Å². The third kappa shape index (κ3) is 4.63. The smallest absolute Gasteiger partial charge is 0.262 e. The number of amides is 1. The van der Waals surface area contributed by atoms with E-state index in [2.05, 4.69) is 10.3 Å². The van der Waals surface area contributed by atoms with E-state index < -0.39 is 5.91 Å². The van der Waals surface area contributed by atoms with E-state index in [0.29, 0.717) is 11.3 Å². The zero-order valence-corrected chi connectivity index (χ0v) is 17.5. The van der Waals surface area contributed by atoms with Crippen molar-refractivity contribution in [3.8, 4) is 23.0 Å². The minimum Gasteiger partial charge on any atom is -0.345 e. The highest BCUT2D eigenvalue weighted by molar-refractivity contribution is 6.02. The largest absolute Gasteiger partial charge is 0.345 e. The second-order valence-corrected chi connectivity index (χ2v) is 7.23. The van der Waals surface area contributed by atoms with Gasteiger partial charge in [0.2, 0.25) is 0 Å². The van der Waals surface area contributed by atoms with Gasteiger partial charge in [-0.25, -0.2) is 4.68 Å². The van der Waals surface area contributed by atoms with Crippen LogP contribution in [0.3, 0.4) is 0 Å². The summed E-state index contributed by atoms with van der Waals surface area (Å²) < 4.78 is 1.73. The molecule has 0 spiro atoms. The molecule has 156 valence electrons. The van der Waals surface area contributed by atoms with E-state index in [1.165, 1.54) is 0 Å². The van der Waals surface area contributed by atoms with Gasteiger partial charge in [0.05, 0.1) is 11.7 Å². The standard InChI is InChI=1S/C26H21N5O/c1-19(20-9-4-2-5-10-20)29-26(32)22(16-27)15-23-18-31(24-12-6-3-7-13-24)30-25(23)21-11-8-14-28-17-21/h2-15,17-19H,1H3,(H,29,32)/b22-15+/t19-/m1/s1. The van der Waals surface area contributed by atoms with Gasteiger partial charge in [-0.2, -0.15) is 10.4 Å². The van der Waals surface area contributed by atoms with E-state index in [4.69, 9.17) is 5.10 Å². The maximum atomic E-state index is 12.8. The number of aromatic nitrogens is 3. The predicted molar refractivity (Wildman–Crippen MR) is 123 cm³/mol. The molecule has 4 rings (SSSR count). The number of benzene rings is 2. The minimum absolute atomic E-state index is 0.00512. The van der Waals surface area contributed by atoms with Crippen molar-refractivity contribution in [2.24, 2.45) is 0 Å². The Hall–Kier alpha value is -4.50. The molecule has 6 heteroatoms. The molecule has 0 saturated carbocycles. The maximum absolute atomic E-state index is 12.8. The summed E-state index contributed by atoms with van der Waals surface area (Å²) in [4.78, 5) is 17.0. The third-order valence-electron chi connectivity index (χ3n) is 5.01. The Bertz CT molecular complexity index is 1270. The summed E-state index contributed by atoms with van der Waals surface area (Å²) >= 11 is 0. The molecule has 0 saturated heterocycles. The summed E-state index contributed by atoms with van der Waals surface area (Å²) in [5.41, 5.74) is 3.93. The first-order valence-electron chi connectivity index (χ1n) is 10.2. The second kappa shape index (κ2) is 9.54. The van der Waals surface area contributed by atoms with E-state index in [1.807, 2.05) is 92.0 Å². The fraction of sp³-hybridized carbons (Fsp3) is 0.0769. The summed E-state index contributed by atoms with van der Waals surface area (Å²) in [6.07, 6.45) is 6.77. The Kier molecular flexibility index (Phi) is 6.19. The van der Waals surface area contributed by atoms with Crippen molar-refractivity contribution in [2.45, 2.75) is 13.0 Å². The van der Waals surface area contributed by atoms with Crippen LogP contribution >= 0.6 is 0 Å². The van der Waals surface area contributed by atoms with Gasteiger partial charge < -0.3 is 5.32 Å². The normalized spacial score (nSPS) is 12.1. The van der Waals surface area contributed by atoms with Crippen LogP contribution in [0.1, 0.15) is 24.1 Å². The fourth-order valence-electron chi connectivity index (χ4n) is 3.34. The number of rotatable bonds is 6. The number of carbonyl (C=O) groups excluding carboxylic acids is 1. The summed E-state index contributed by atoms with van der Waals surface area (Å²) in [5, 5.41) is 17.3. The van der Waals surface area contributed by atoms with Gasteiger partial charge in [-0.1, -0.05) is 48.5 Å². The van der Waals surface area contributed by atoms with E-state index in [9.17, 15) is 10.1 Å². The number of pyridine rings is 1. The molecule has 2 heterocycles. The van der Waals surface area contributed by atoms with Gasteiger partial charge in [-0.3, -0.25) is 9.78 Å². The van der Waals surface area contributed by atoms with Crippen LogP contribution in [-0.4, -0.2) is 20.7 Å². The Labute approximate surface area is 186 Å². The molecule has 0 aliphatic carbocycles. The first-order chi connectivity index (χ1) is 15.7. The highest BCUT2D eigenvalue weighted by atomic mass is 16.1. The maximum Gasteiger partial charge on any atom is 0.262 e. The van der Waals surface area contributed by atoms with Crippen molar-refractivity contribution >= 4 is 12.0 Å². The molecule has 2 aromatic carbocycles. The zero-order chi connectivity index (χ0) is 22.3. The lowest BCUT2D eigenvalue weighted by Crippen LogP contribution is -2.27. The molecule has 0 unspecified atom stereocenters. The van der Waals surface area contributed by atoms with E-state index in [-0.39, 0.29) is 11.6 Å².